The Balaban J connectivity index is 2.20. The maximum Gasteiger partial charge on any atom is 0.183 e. The van der Waals surface area contributed by atoms with Crippen LogP contribution >= 0.6 is 0 Å². The van der Waals surface area contributed by atoms with E-state index in [0.29, 0.717) is 5.92 Å². The molecule has 1 fully saturated rings. The predicted molar refractivity (Wildman–Crippen MR) is 55.6 cm³/mol. The summed E-state index contributed by atoms with van der Waals surface area (Å²) in [5, 5.41) is 3.31. The smallest absolute Gasteiger partial charge is 0.183 e. The molecule has 0 bridgehead atoms. The molecule has 1 aliphatic rings. The van der Waals surface area contributed by atoms with Gasteiger partial charge in [0.25, 0.3) is 0 Å². The number of piperidine rings is 1. The van der Waals surface area contributed by atoms with Crippen LogP contribution in [0.1, 0.15) is 24.5 Å². The van der Waals surface area contributed by atoms with Crippen LogP contribution in [0.2, 0.25) is 0 Å². The summed E-state index contributed by atoms with van der Waals surface area (Å²) < 4.78 is 18.1. The van der Waals surface area contributed by atoms with Gasteiger partial charge in [-0.1, -0.05) is 0 Å². The number of halogens is 1. The Hall–Kier alpha value is -1.16. The Bertz CT molecular complexity index is 337. The lowest BCUT2D eigenvalue weighted by atomic mass is 9.95. The van der Waals surface area contributed by atoms with Crippen LogP contribution < -0.4 is 10.1 Å². The van der Waals surface area contributed by atoms with Crippen LogP contribution in [0.3, 0.4) is 0 Å². The number of nitrogens with one attached hydrogen (secondary N) is 1. The van der Waals surface area contributed by atoms with Crippen molar-refractivity contribution < 1.29 is 9.13 Å². The molecule has 0 spiro atoms. The molecule has 0 saturated carbocycles. The SMILES string of the molecule is COc1cc(C2CCCNC2)ncc1F. The molecule has 4 heteroatoms. The van der Waals surface area contributed by atoms with Crippen molar-refractivity contribution in [3.63, 3.8) is 0 Å². The van der Waals surface area contributed by atoms with E-state index in [1.54, 1.807) is 6.07 Å². The van der Waals surface area contributed by atoms with Crippen molar-refractivity contribution in [1.29, 1.82) is 0 Å². The topological polar surface area (TPSA) is 34.1 Å². The second kappa shape index (κ2) is 4.57. The molecule has 1 N–H and O–H groups in total. The number of aromatic nitrogens is 1. The van der Waals surface area contributed by atoms with Crippen molar-refractivity contribution in [2.45, 2.75) is 18.8 Å². The number of pyridine rings is 1. The predicted octanol–water partition coefficient (Wildman–Crippen LogP) is 1.70. The number of rotatable bonds is 2. The molecule has 2 rings (SSSR count). The molecule has 1 aromatic rings. The van der Waals surface area contributed by atoms with E-state index in [1.165, 1.54) is 13.3 Å². The summed E-state index contributed by atoms with van der Waals surface area (Å²) >= 11 is 0. The molecular formula is C11H15FN2O. The van der Waals surface area contributed by atoms with Crippen LogP contribution in [0, 0.1) is 5.82 Å². The second-order valence-electron chi connectivity index (χ2n) is 3.79. The first kappa shape index (κ1) is 10.4. The van der Waals surface area contributed by atoms with Gasteiger partial charge in [0.05, 0.1) is 13.3 Å². The van der Waals surface area contributed by atoms with Crippen LogP contribution in [-0.4, -0.2) is 25.2 Å². The van der Waals surface area contributed by atoms with Gasteiger partial charge in [-0.25, -0.2) is 4.39 Å². The molecular weight excluding hydrogens is 195 g/mol. The van der Waals surface area contributed by atoms with Gasteiger partial charge in [0.1, 0.15) is 0 Å². The second-order valence-corrected chi connectivity index (χ2v) is 3.79. The van der Waals surface area contributed by atoms with Crippen LogP contribution in [0.4, 0.5) is 4.39 Å². The number of methoxy groups -OCH3 is 1. The van der Waals surface area contributed by atoms with E-state index in [1.807, 2.05) is 0 Å². The summed E-state index contributed by atoms with van der Waals surface area (Å²) in [6.07, 6.45) is 3.49. The quantitative estimate of drug-likeness (QED) is 0.806. The maximum absolute atomic E-state index is 13.1. The Morgan fingerprint density at radius 1 is 1.60 bits per heavy atom. The van der Waals surface area contributed by atoms with Crippen molar-refractivity contribution in [3.8, 4) is 5.75 Å². The minimum atomic E-state index is -0.398. The van der Waals surface area contributed by atoms with Gasteiger partial charge in [-0.2, -0.15) is 0 Å². The van der Waals surface area contributed by atoms with Gasteiger partial charge in [0, 0.05) is 24.2 Å². The lowest BCUT2D eigenvalue weighted by Gasteiger charge is -2.22. The standard InChI is InChI=1S/C11H15FN2O/c1-15-11-5-10(14-7-9(11)12)8-3-2-4-13-6-8/h5,7-8,13H,2-4,6H2,1H3. The van der Waals surface area contributed by atoms with Crippen molar-refractivity contribution in [1.82, 2.24) is 10.3 Å². The molecule has 2 heterocycles. The Kier molecular flexibility index (Phi) is 3.16. The third kappa shape index (κ3) is 2.26. The molecule has 3 nitrogen and oxygen atoms in total. The fourth-order valence-corrected chi connectivity index (χ4v) is 1.92. The number of nitrogens with zero attached hydrogens (tertiary/aromatic N) is 1. The van der Waals surface area contributed by atoms with Gasteiger partial charge in [-0.15, -0.1) is 0 Å². The average molecular weight is 210 g/mol. The van der Waals surface area contributed by atoms with E-state index in [-0.39, 0.29) is 5.75 Å². The van der Waals surface area contributed by atoms with Crippen molar-refractivity contribution in [2.24, 2.45) is 0 Å². The number of hydrogen-bond donors (Lipinski definition) is 1. The maximum atomic E-state index is 13.1. The highest BCUT2D eigenvalue weighted by Crippen LogP contribution is 2.25. The van der Waals surface area contributed by atoms with Crippen LogP contribution in [0.25, 0.3) is 0 Å². The van der Waals surface area contributed by atoms with Gasteiger partial charge in [0.15, 0.2) is 11.6 Å². The molecule has 0 aliphatic carbocycles. The fraction of sp³-hybridized carbons (Fsp3) is 0.545. The van der Waals surface area contributed by atoms with E-state index in [0.717, 1.165) is 31.6 Å². The van der Waals surface area contributed by atoms with Gasteiger partial charge in [-0.05, 0) is 19.4 Å². The molecule has 82 valence electrons. The highest BCUT2D eigenvalue weighted by molar-refractivity contribution is 5.26. The number of hydrogen-bond acceptors (Lipinski definition) is 3. The fourth-order valence-electron chi connectivity index (χ4n) is 1.92. The summed E-state index contributed by atoms with van der Waals surface area (Å²) in [5.41, 5.74) is 0.917. The normalized spacial score (nSPS) is 21.3. The monoisotopic (exact) mass is 210 g/mol. The first-order valence-electron chi connectivity index (χ1n) is 5.21. The average Bonchev–Trinajstić information content (AvgIpc) is 2.31. The molecule has 0 amide bonds. The van der Waals surface area contributed by atoms with E-state index in [9.17, 15) is 4.39 Å². The van der Waals surface area contributed by atoms with Gasteiger partial charge in [-0.3, -0.25) is 4.98 Å². The zero-order valence-electron chi connectivity index (χ0n) is 8.79. The van der Waals surface area contributed by atoms with Gasteiger partial charge < -0.3 is 10.1 Å². The third-order valence-corrected chi connectivity index (χ3v) is 2.78. The minimum absolute atomic E-state index is 0.283. The summed E-state index contributed by atoms with van der Waals surface area (Å²) in [7, 11) is 1.47. The molecule has 1 aromatic heterocycles. The van der Waals surface area contributed by atoms with Gasteiger partial charge in [0.2, 0.25) is 0 Å². The molecule has 1 atom stereocenters. The van der Waals surface area contributed by atoms with Crippen molar-refractivity contribution >= 4 is 0 Å². The van der Waals surface area contributed by atoms with Crippen LogP contribution in [-0.2, 0) is 0 Å². The van der Waals surface area contributed by atoms with Gasteiger partial charge >= 0.3 is 0 Å². The molecule has 1 saturated heterocycles. The van der Waals surface area contributed by atoms with E-state index in [4.69, 9.17) is 4.74 Å². The van der Waals surface area contributed by atoms with E-state index >= 15 is 0 Å². The summed E-state index contributed by atoms with van der Waals surface area (Å²) in [6, 6.07) is 1.70. The molecule has 0 aromatic carbocycles. The Morgan fingerprint density at radius 2 is 2.47 bits per heavy atom. The lowest BCUT2D eigenvalue weighted by molar-refractivity contribution is 0.381. The van der Waals surface area contributed by atoms with Crippen LogP contribution in [0.5, 0.6) is 5.75 Å². The summed E-state index contributed by atoms with van der Waals surface area (Å²) in [4.78, 5) is 4.12. The van der Waals surface area contributed by atoms with Crippen molar-refractivity contribution in [3.05, 3.63) is 23.8 Å². The molecule has 15 heavy (non-hydrogen) atoms. The van der Waals surface area contributed by atoms with E-state index in [2.05, 4.69) is 10.3 Å². The van der Waals surface area contributed by atoms with Crippen LogP contribution in [0.15, 0.2) is 12.3 Å². The third-order valence-electron chi connectivity index (χ3n) is 2.78. The zero-order chi connectivity index (χ0) is 10.7. The largest absolute Gasteiger partial charge is 0.494 e. The first-order chi connectivity index (χ1) is 7.31. The summed E-state index contributed by atoms with van der Waals surface area (Å²) in [6.45, 7) is 1.98. The molecule has 1 unspecified atom stereocenters. The molecule has 1 aliphatic heterocycles. The Labute approximate surface area is 88.7 Å². The first-order valence-corrected chi connectivity index (χ1v) is 5.21. The highest BCUT2D eigenvalue weighted by Gasteiger charge is 2.17. The summed E-state index contributed by atoms with van der Waals surface area (Å²) in [5.74, 6) is 0.267. The lowest BCUT2D eigenvalue weighted by Crippen LogP contribution is -2.28. The minimum Gasteiger partial charge on any atom is -0.494 e. The van der Waals surface area contributed by atoms with E-state index < -0.39 is 5.82 Å². The highest BCUT2D eigenvalue weighted by atomic mass is 19.1. The number of ether oxygens (including phenoxy) is 1. The Morgan fingerprint density at radius 3 is 3.13 bits per heavy atom. The zero-order valence-corrected chi connectivity index (χ0v) is 8.79. The van der Waals surface area contributed by atoms with Crippen molar-refractivity contribution in [2.75, 3.05) is 20.2 Å². The molecule has 0 radical (unpaired) electrons.